The molecule has 0 bridgehead atoms. The minimum atomic E-state index is -3.18. The Bertz CT molecular complexity index is 777. The van der Waals surface area contributed by atoms with E-state index in [4.69, 9.17) is 0 Å². The predicted octanol–water partition coefficient (Wildman–Crippen LogP) is 0.233. The lowest BCUT2D eigenvalue weighted by molar-refractivity contribution is -0.122. The highest BCUT2D eigenvalue weighted by Crippen LogP contribution is 2.44. The van der Waals surface area contributed by atoms with Gasteiger partial charge < -0.3 is 10.2 Å². The molecule has 4 rings (SSSR count). The number of piperidine rings is 1. The van der Waals surface area contributed by atoms with Crippen molar-refractivity contribution in [1.29, 1.82) is 0 Å². The zero-order valence-electron chi connectivity index (χ0n) is 15.0. The smallest absolute Gasteiger partial charge is 0.225 e. The van der Waals surface area contributed by atoms with Crippen LogP contribution in [0, 0.1) is 11.8 Å². The first-order valence-corrected chi connectivity index (χ1v) is 10.9. The van der Waals surface area contributed by atoms with E-state index in [0.717, 1.165) is 6.54 Å². The number of nitrogens with one attached hydrogen (secondary N) is 1. The first-order chi connectivity index (χ1) is 12.5. The SMILES string of the molecule is CCCS(=O)(=O)N1CCC2(CC1)NC(=O)[C@@H]1CN(c3ncccn3)C[C@@H]12. The van der Waals surface area contributed by atoms with Gasteiger partial charge in [0.1, 0.15) is 0 Å². The van der Waals surface area contributed by atoms with Crippen molar-refractivity contribution in [2.75, 3.05) is 36.8 Å². The number of carbonyl (C=O) groups excluding carboxylic acids is 1. The normalized spacial score (nSPS) is 28.3. The third-order valence-corrected chi connectivity index (χ3v) is 8.12. The summed E-state index contributed by atoms with van der Waals surface area (Å²) in [5.74, 6) is 1.04. The van der Waals surface area contributed by atoms with Crippen LogP contribution >= 0.6 is 0 Å². The van der Waals surface area contributed by atoms with Crippen molar-refractivity contribution >= 4 is 21.9 Å². The van der Waals surface area contributed by atoms with Gasteiger partial charge in [-0.05, 0) is 25.3 Å². The van der Waals surface area contributed by atoms with Crippen LogP contribution in [0.2, 0.25) is 0 Å². The van der Waals surface area contributed by atoms with Gasteiger partial charge in [-0.3, -0.25) is 4.79 Å². The number of nitrogens with zero attached hydrogens (tertiary/aromatic N) is 4. The standard InChI is InChI=1S/C17H25N5O3S/c1-2-10-26(24,25)22-8-4-17(5-9-22)14-12-21(11-13(14)15(23)20-17)16-18-6-3-7-19-16/h3,6-7,13-14H,2,4-5,8-12H2,1H3,(H,20,23)/t13-,14+/m1/s1. The number of rotatable bonds is 4. The van der Waals surface area contributed by atoms with Gasteiger partial charge in [0.2, 0.25) is 21.9 Å². The van der Waals surface area contributed by atoms with E-state index in [1.54, 1.807) is 22.8 Å². The molecule has 1 aromatic rings. The number of sulfonamides is 1. The van der Waals surface area contributed by atoms with Crippen molar-refractivity contribution < 1.29 is 13.2 Å². The summed E-state index contributed by atoms with van der Waals surface area (Å²) >= 11 is 0. The maximum Gasteiger partial charge on any atom is 0.225 e. The van der Waals surface area contributed by atoms with Gasteiger partial charge in [0.05, 0.1) is 11.7 Å². The van der Waals surface area contributed by atoms with E-state index in [-0.39, 0.29) is 29.0 Å². The van der Waals surface area contributed by atoms with Crippen molar-refractivity contribution in [2.24, 2.45) is 11.8 Å². The number of aromatic nitrogens is 2. The zero-order chi connectivity index (χ0) is 18.4. The quantitative estimate of drug-likeness (QED) is 0.805. The fourth-order valence-electron chi connectivity index (χ4n) is 4.72. The summed E-state index contributed by atoms with van der Waals surface area (Å²) < 4.78 is 26.3. The summed E-state index contributed by atoms with van der Waals surface area (Å²) in [5, 5.41) is 3.22. The van der Waals surface area contributed by atoms with Crippen LogP contribution in [0.3, 0.4) is 0 Å². The van der Waals surface area contributed by atoms with Crippen LogP contribution in [0.5, 0.6) is 0 Å². The molecule has 9 heteroatoms. The summed E-state index contributed by atoms with van der Waals surface area (Å²) in [6.45, 7) is 4.19. The number of anilines is 1. The van der Waals surface area contributed by atoms with Crippen molar-refractivity contribution in [3.8, 4) is 0 Å². The second-order valence-corrected chi connectivity index (χ2v) is 9.62. The molecule has 8 nitrogen and oxygen atoms in total. The van der Waals surface area contributed by atoms with E-state index in [1.165, 1.54) is 0 Å². The summed E-state index contributed by atoms with van der Waals surface area (Å²) in [4.78, 5) is 23.3. The highest BCUT2D eigenvalue weighted by molar-refractivity contribution is 7.89. The van der Waals surface area contributed by atoms with E-state index in [1.807, 2.05) is 6.92 Å². The van der Waals surface area contributed by atoms with Crippen LogP contribution in [0.1, 0.15) is 26.2 Å². The molecular formula is C17H25N5O3S. The van der Waals surface area contributed by atoms with Gasteiger partial charge in [-0.1, -0.05) is 6.92 Å². The molecule has 1 N–H and O–H groups in total. The van der Waals surface area contributed by atoms with Crippen molar-refractivity contribution in [3.05, 3.63) is 18.5 Å². The summed E-state index contributed by atoms with van der Waals surface area (Å²) in [7, 11) is -3.18. The van der Waals surface area contributed by atoms with Gasteiger partial charge in [-0.15, -0.1) is 0 Å². The molecule has 26 heavy (non-hydrogen) atoms. The Labute approximate surface area is 154 Å². The fraction of sp³-hybridized carbons (Fsp3) is 0.706. The predicted molar refractivity (Wildman–Crippen MR) is 97.0 cm³/mol. The van der Waals surface area contributed by atoms with Crippen LogP contribution in [0.4, 0.5) is 5.95 Å². The average Bonchev–Trinajstić information content (AvgIpc) is 3.17. The second kappa shape index (κ2) is 6.45. The van der Waals surface area contributed by atoms with Gasteiger partial charge >= 0.3 is 0 Å². The lowest BCUT2D eigenvalue weighted by Gasteiger charge is -2.42. The third kappa shape index (κ3) is 2.87. The van der Waals surface area contributed by atoms with Crippen molar-refractivity contribution in [1.82, 2.24) is 19.6 Å². The Kier molecular flexibility index (Phi) is 4.38. The molecule has 3 aliphatic heterocycles. The molecule has 142 valence electrons. The van der Waals surface area contributed by atoms with Crippen LogP contribution in [0.25, 0.3) is 0 Å². The summed E-state index contributed by atoms with van der Waals surface area (Å²) in [6, 6.07) is 1.78. The van der Waals surface area contributed by atoms with E-state index >= 15 is 0 Å². The summed E-state index contributed by atoms with van der Waals surface area (Å²) in [6.07, 6.45) is 5.39. The Balaban J connectivity index is 1.50. The molecule has 0 aliphatic carbocycles. The Morgan fingerprint density at radius 3 is 2.58 bits per heavy atom. The number of hydrogen-bond acceptors (Lipinski definition) is 6. The number of amides is 1. The van der Waals surface area contributed by atoms with Crippen LogP contribution in [-0.2, 0) is 14.8 Å². The molecule has 1 amide bonds. The van der Waals surface area contributed by atoms with Gasteiger partial charge in [0.15, 0.2) is 0 Å². The van der Waals surface area contributed by atoms with Crippen molar-refractivity contribution in [2.45, 2.75) is 31.7 Å². The Morgan fingerprint density at radius 1 is 1.23 bits per heavy atom. The lowest BCUT2D eigenvalue weighted by Crippen LogP contribution is -2.56. The maximum absolute atomic E-state index is 12.6. The molecule has 0 radical (unpaired) electrons. The molecule has 0 aromatic carbocycles. The number of fused-ring (bicyclic) bond motifs is 2. The molecule has 2 atom stereocenters. The van der Waals surface area contributed by atoms with E-state index in [9.17, 15) is 13.2 Å². The third-order valence-electron chi connectivity index (χ3n) is 6.04. The molecule has 0 saturated carbocycles. The monoisotopic (exact) mass is 379 g/mol. The Hall–Kier alpha value is -1.74. The van der Waals surface area contributed by atoms with Gasteiger partial charge in [0, 0.05) is 50.0 Å². The molecule has 3 saturated heterocycles. The van der Waals surface area contributed by atoms with Crippen LogP contribution in [0.15, 0.2) is 18.5 Å². The van der Waals surface area contributed by atoms with E-state index in [2.05, 4.69) is 20.2 Å². The Morgan fingerprint density at radius 2 is 1.92 bits per heavy atom. The molecule has 3 fully saturated rings. The lowest BCUT2D eigenvalue weighted by atomic mass is 9.76. The molecule has 1 aromatic heterocycles. The molecular weight excluding hydrogens is 354 g/mol. The van der Waals surface area contributed by atoms with Crippen LogP contribution in [-0.4, -0.2) is 66.1 Å². The first kappa shape index (κ1) is 17.7. The topological polar surface area (TPSA) is 95.5 Å². The molecule has 3 aliphatic rings. The maximum atomic E-state index is 12.6. The fourth-order valence-corrected chi connectivity index (χ4v) is 6.24. The summed E-state index contributed by atoms with van der Waals surface area (Å²) in [5.41, 5.74) is -0.302. The van der Waals surface area contributed by atoms with Gasteiger partial charge in [0.25, 0.3) is 0 Å². The minimum Gasteiger partial charge on any atom is -0.350 e. The molecule has 4 heterocycles. The minimum absolute atomic E-state index is 0.0717. The largest absolute Gasteiger partial charge is 0.350 e. The van der Waals surface area contributed by atoms with E-state index < -0.39 is 10.0 Å². The highest BCUT2D eigenvalue weighted by Gasteiger charge is 2.58. The molecule has 1 spiro atoms. The van der Waals surface area contributed by atoms with Crippen LogP contribution < -0.4 is 10.2 Å². The number of hydrogen-bond donors (Lipinski definition) is 1. The molecule has 0 unspecified atom stereocenters. The van der Waals surface area contributed by atoms with Gasteiger partial charge in [-0.2, -0.15) is 0 Å². The highest BCUT2D eigenvalue weighted by atomic mass is 32.2. The average molecular weight is 379 g/mol. The van der Waals surface area contributed by atoms with Crippen molar-refractivity contribution in [3.63, 3.8) is 0 Å². The second-order valence-electron chi connectivity index (χ2n) is 7.53. The number of carbonyl (C=O) groups is 1. The zero-order valence-corrected chi connectivity index (χ0v) is 15.8. The van der Waals surface area contributed by atoms with E-state index in [0.29, 0.717) is 44.8 Å². The first-order valence-electron chi connectivity index (χ1n) is 9.27. The van der Waals surface area contributed by atoms with Gasteiger partial charge in [-0.25, -0.2) is 22.7 Å².